The molecule has 0 aromatic carbocycles. The topological polar surface area (TPSA) is 41.9 Å². The summed E-state index contributed by atoms with van der Waals surface area (Å²) in [6.45, 7) is 1.21. The monoisotopic (exact) mass is 294 g/mol. The average Bonchev–Trinajstić information content (AvgIpc) is 2.97. The van der Waals surface area contributed by atoms with E-state index in [0.717, 1.165) is 24.4 Å². The van der Waals surface area contributed by atoms with Crippen molar-refractivity contribution in [3.63, 3.8) is 0 Å². The summed E-state index contributed by atoms with van der Waals surface area (Å²) in [6.07, 6.45) is -0.744. The minimum Gasteiger partial charge on any atom is -0.340 e. The molecule has 1 unspecified atom stereocenters. The molecule has 1 aliphatic rings. The Labute approximate surface area is 119 Å². The van der Waals surface area contributed by atoms with E-state index in [-0.39, 0.29) is 11.9 Å². The second kappa shape index (κ2) is 5.31. The van der Waals surface area contributed by atoms with Gasteiger partial charge in [0, 0.05) is 37.1 Å². The SMILES string of the molecule is FC(F)(F)c1ccnc(N2CCC(c3ccccn3)C2)n1. The first-order chi connectivity index (χ1) is 10.0. The Morgan fingerprint density at radius 2 is 1.95 bits per heavy atom. The van der Waals surface area contributed by atoms with Crippen LogP contribution >= 0.6 is 0 Å². The fourth-order valence-corrected chi connectivity index (χ4v) is 2.46. The van der Waals surface area contributed by atoms with Gasteiger partial charge in [0.2, 0.25) is 5.95 Å². The van der Waals surface area contributed by atoms with Gasteiger partial charge in [-0.3, -0.25) is 4.98 Å². The summed E-state index contributed by atoms with van der Waals surface area (Å²) in [6, 6.07) is 6.56. The van der Waals surface area contributed by atoms with Gasteiger partial charge >= 0.3 is 6.18 Å². The van der Waals surface area contributed by atoms with Gasteiger partial charge in [0.1, 0.15) is 5.69 Å². The van der Waals surface area contributed by atoms with Crippen LogP contribution in [0.4, 0.5) is 19.1 Å². The van der Waals surface area contributed by atoms with Crippen LogP contribution in [-0.4, -0.2) is 28.0 Å². The van der Waals surface area contributed by atoms with E-state index in [9.17, 15) is 13.2 Å². The third-order valence-corrected chi connectivity index (χ3v) is 3.51. The third-order valence-electron chi connectivity index (χ3n) is 3.51. The maximum Gasteiger partial charge on any atom is 0.433 e. The second-order valence-electron chi connectivity index (χ2n) is 4.93. The summed E-state index contributed by atoms with van der Waals surface area (Å²) >= 11 is 0. The molecular weight excluding hydrogens is 281 g/mol. The molecule has 2 aromatic heterocycles. The van der Waals surface area contributed by atoms with Gasteiger partial charge in [-0.25, -0.2) is 9.97 Å². The number of nitrogens with zero attached hydrogens (tertiary/aromatic N) is 4. The molecule has 110 valence electrons. The Morgan fingerprint density at radius 3 is 2.67 bits per heavy atom. The maximum atomic E-state index is 12.7. The minimum absolute atomic E-state index is 0.128. The summed E-state index contributed by atoms with van der Waals surface area (Å²) in [5.41, 5.74) is 0.0424. The van der Waals surface area contributed by atoms with Gasteiger partial charge in [-0.05, 0) is 24.6 Å². The van der Waals surface area contributed by atoms with Gasteiger partial charge in [-0.2, -0.15) is 13.2 Å². The lowest BCUT2D eigenvalue weighted by atomic mass is 10.0. The molecule has 4 nitrogen and oxygen atoms in total. The van der Waals surface area contributed by atoms with Crippen LogP contribution in [0, 0.1) is 0 Å². The molecule has 7 heteroatoms. The number of halogens is 3. The number of alkyl halides is 3. The zero-order valence-electron chi connectivity index (χ0n) is 11.1. The van der Waals surface area contributed by atoms with E-state index in [4.69, 9.17) is 0 Å². The van der Waals surface area contributed by atoms with Crippen molar-refractivity contribution in [3.05, 3.63) is 48.0 Å². The van der Waals surface area contributed by atoms with Crippen molar-refractivity contribution >= 4 is 5.95 Å². The number of hydrogen-bond donors (Lipinski definition) is 0. The van der Waals surface area contributed by atoms with Gasteiger partial charge in [-0.1, -0.05) is 6.07 Å². The molecule has 3 rings (SSSR count). The van der Waals surface area contributed by atoms with E-state index in [1.54, 1.807) is 11.1 Å². The van der Waals surface area contributed by atoms with Crippen LogP contribution < -0.4 is 4.90 Å². The van der Waals surface area contributed by atoms with Crippen LogP contribution in [0.25, 0.3) is 0 Å². The van der Waals surface area contributed by atoms with Gasteiger partial charge < -0.3 is 4.90 Å². The zero-order chi connectivity index (χ0) is 14.9. The molecule has 0 saturated carbocycles. The lowest BCUT2D eigenvalue weighted by Crippen LogP contribution is -2.23. The van der Waals surface area contributed by atoms with Gasteiger partial charge in [0.05, 0.1) is 0 Å². The van der Waals surface area contributed by atoms with Crippen molar-refractivity contribution in [2.45, 2.75) is 18.5 Å². The van der Waals surface area contributed by atoms with Crippen LogP contribution in [0.2, 0.25) is 0 Å². The van der Waals surface area contributed by atoms with Gasteiger partial charge in [-0.15, -0.1) is 0 Å². The molecule has 1 saturated heterocycles. The largest absolute Gasteiger partial charge is 0.433 e. The highest BCUT2D eigenvalue weighted by molar-refractivity contribution is 5.34. The second-order valence-corrected chi connectivity index (χ2v) is 4.93. The number of aromatic nitrogens is 3. The first-order valence-corrected chi connectivity index (χ1v) is 6.60. The molecule has 1 atom stereocenters. The van der Waals surface area contributed by atoms with Crippen molar-refractivity contribution in [2.75, 3.05) is 18.0 Å². The number of pyridine rings is 1. The standard InChI is InChI=1S/C14H13F3N4/c15-14(16,17)12-4-7-19-13(20-12)21-8-5-10(9-21)11-3-1-2-6-18-11/h1-4,6-7,10H,5,8-9H2. The van der Waals surface area contributed by atoms with E-state index >= 15 is 0 Å². The Morgan fingerprint density at radius 1 is 1.10 bits per heavy atom. The molecule has 0 radical (unpaired) electrons. The van der Waals surface area contributed by atoms with Crippen LogP contribution in [0.5, 0.6) is 0 Å². The molecule has 1 fully saturated rings. The van der Waals surface area contributed by atoms with Crippen LogP contribution in [-0.2, 0) is 6.18 Å². The van der Waals surface area contributed by atoms with E-state index in [2.05, 4.69) is 15.0 Å². The summed E-state index contributed by atoms with van der Waals surface area (Å²) in [5.74, 6) is 0.326. The molecule has 0 spiro atoms. The maximum absolute atomic E-state index is 12.7. The summed E-state index contributed by atoms with van der Waals surface area (Å²) in [4.78, 5) is 13.7. The number of hydrogen-bond acceptors (Lipinski definition) is 4. The van der Waals surface area contributed by atoms with E-state index in [1.165, 1.54) is 0 Å². The average molecular weight is 294 g/mol. The minimum atomic E-state index is -4.45. The van der Waals surface area contributed by atoms with Gasteiger partial charge in [0.15, 0.2) is 0 Å². The van der Waals surface area contributed by atoms with Gasteiger partial charge in [0.25, 0.3) is 0 Å². The highest BCUT2D eigenvalue weighted by atomic mass is 19.4. The molecule has 1 aliphatic heterocycles. The predicted octanol–water partition coefficient (Wildman–Crippen LogP) is 2.88. The Balaban J connectivity index is 1.78. The zero-order valence-corrected chi connectivity index (χ0v) is 11.1. The molecular formula is C14H13F3N4. The third kappa shape index (κ3) is 2.96. The fraction of sp³-hybridized carbons (Fsp3) is 0.357. The first-order valence-electron chi connectivity index (χ1n) is 6.60. The summed E-state index contributed by atoms with van der Waals surface area (Å²) in [7, 11) is 0. The van der Waals surface area contributed by atoms with Crippen molar-refractivity contribution in [2.24, 2.45) is 0 Å². The lowest BCUT2D eigenvalue weighted by Gasteiger charge is -2.17. The summed E-state index contributed by atoms with van der Waals surface area (Å²) < 4.78 is 38.0. The van der Waals surface area contributed by atoms with Crippen LogP contribution in [0.3, 0.4) is 0 Å². The molecule has 21 heavy (non-hydrogen) atoms. The number of anilines is 1. The number of rotatable bonds is 2. The van der Waals surface area contributed by atoms with Crippen LogP contribution in [0.15, 0.2) is 36.7 Å². The molecule has 0 N–H and O–H groups in total. The Bertz CT molecular complexity index is 615. The normalized spacial score (nSPS) is 19.0. The predicted molar refractivity (Wildman–Crippen MR) is 70.8 cm³/mol. The lowest BCUT2D eigenvalue weighted by molar-refractivity contribution is -0.141. The first kappa shape index (κ1) is 13.8. The fourth-order valence-electron chi connectivity index (χ4n) is 2.46. The van der Waals surface area contributed by atoms with Crippen molar-refractivity contribution in [1.82, 2.24) is 15.0 Å². The van der Waals surface area contributed by atoms with Crippen molar-refractivity contribution < 1.29 is 13.2 Å². The highest BCUT2D eigenvalue weighted by Crippen LogP contribution is 2.31. The van der Waals surface area contributed by atoms with E-state index in [0.29, 0.717) is 13.1 Å². The molecule has 2 aromatic rings. The smallest absolute Gasteiger partial charge is 0.340 e. The highest BCUT2D eigenvalue weighted by Gasteiger charge is 2.34. The Hall–Kier alpha value is -2.18. The van der Waals surface area contributed by atoms with E-state index in [1.807, 2.05) is 18.2 Å². The summed E-state index contributed by atoms with van der Waals surface area (Å²) in [5, 5.41) is 0. The van der Waals surface area contributed by atoms with Crippen molar-refractivity contribution in [3.8, 4) is 0 Å². The van der Waals surface area contributed by atoms with Crippen LogP contribution in [0.1, 0.15) is 23.7 Å². The molecule has 3 heterocycles. The molecule has 0 bridgehead atoms. The Kier molecular flexibility index (Phi) is 3.48. The molecule has 0 amide bonds. The van der Waals surface area contributed by atoms with Crippen molar-refractivity contribution in [1.29, 1.82) is 0 Å². The van der Waals surface area contributed by atoms with E-state index < -0.39 is 11.9 Å². The quantitative estimate of drug-likeness (QED) is 0.854. The molecule has 0 aliphatic carbocycles.